The number of fused-ring (bicyclic) bond motifs is 1. The monoisotopic (exact) mass is 393 g/mol. The molecule has 0 radical (unpaired) electrons. The van der Waals surface area contributed by atoms with E-state index in [1.165, 1.54) is 55.2 Å². The smallest absolute Gasteiger partial charge is 0.119 e. The normalized spacial score (nSPS) is 18.5. The highest BCUT2D eigenvalue weighted by Crippen LogP contribution is 2.29. The summed E-state index contributed by atoms with van der Waals surface area (Å²) >= 11 is 0. The van der Waals surface area contributed by atoms with E-state index in [9.17, 15) is 0 Å². The molecule has 0 saturated heterocycles. The Labute approximate surface area is 176 Å². The van der Waals surface area contributed by atoms with Gasteiger partial charge in [-0.3, -0.25) is 4.90 Å². The summed E-state index contributed by atoms with van der Waals surface area (Å²) in [7, 11) is 1.80. The van der Waals surface area contributed by atoms with Crippen molar-refractivity contribution in [3.63, 3.8) is 0 Å². The molecular formula is C26H35NO2. The van der Waals surface area contributed by atoms with Crippen molar-refractivity contribution in [2.75, 3.05) is 26.8 Å². The Balaban J connectivity index is 1.25. The molecule has 156 valence electrons. The average molecular weight is 394 g/mol. The zero-order chi connectivity index (χ0) is 19.9. The molecule has 3 heteroatoms. The number of ether oxygens (including phenoxy) is 2. The molecule has 2 aliphatic rings. The standard InChI is InChI=1S/C26H35NO2/c1-28-26(19-27-16-15-23-10-4-5-11-24(23)18-27)20-29-25-12-6-9-22(17-25)14-13-21-7-2-3-8-21/h4-6,9-12,17,21,26H,2-3,7-8,13-16,18-20H2,1H3. The zero-order valence-corrected chi connectivity index (χ0v) is 17.8. The van der Waals surface area contributed by atoms with Gasteiger partial charge in [-0.1, -0.05) is 62.1 Å². The second-order valence-electron chi connectivity index (χ2n) is 8.76. The molecule has 1 unspecified atom stereocenters. The molecule has 0 bridgehead atoms. The summed E-state index contributed by atoms with van der Waals surface area (Å²) in [5.74, 6) is 1.91. The summed E-state index contributed by atoms with van der Waals surface area (Å²) in [6.45, 7) is 3.60. The molecule has 0 aromatic heterocycles. The molecular weight excluding hydrogens is 358 g/mol. The second-order valence-corrected chi connectivity index (χ2v) is 8.76. The Morgan fingerprint density at radius 3 is 2.69 bits per heavy atom. The van der Waals surface area contributed by atoms with E-state index in [4.69, 9.17) is 9.47 Å². The van der Waals surface area contributed by atoms with Crippen LogP contribution in [0.3, 0.4) is 0 Å². The fraction of sp³-hybridized carbons (Fsp3) is 0.538. The largest absolute Gasteiger partial charge is 0.491 e. The third kappa shape index (κ3) is 5.83. The van der Waals surface area contributed by atoms with Gasteiger partial charge < -0.3 is 9.47 Å². The molecule has 0 amide bonds. The van der Waals surface area contributed by atoms with Crippen LogP contribution in [0.2, 0.25) is 0 Å². The Morgan fingerprint density at radius 1 is 1.03 bits per heavy atom. The minimum atomic E-state index is 0.0856. The number of nitrogens with zero attached hydrogens (tertiary/aromatic N) is 1. The molecule has 1 fully saturated rings. The maximum absolute atomic E-state index is 6.13. The van der Waals surface area contributed by atoms with Crippen molar-refractivity contribution in [1.29, 1.82) is 0 Å². The SMILES string of the molecule is COC(COc1cccc(CCC2CCCC2)c1)CN1CCc2ccccc2C1. The number of hydrogen-bond donors (Lipinski definition) is 0. The van der Waals surface area contributed by atoms with Gasteiger partial charge in [-0.05, 0) is 54.0 Å². The fourth-order valence-electron chi connectivity index (χ4n) is 4.84. The first-order chi connectivity index (χ1) is 14.3. The fourth-order valence-corrected chi connectivity index (χ4v) is 4.84. The molecule has 1 aliphatic heterocycles. The first-order valence-corrected chi connectivity index (χ1v) is 11.3. The molecule has 2 aromatic rings. The van der Waals surface area contributed by atoms with Gasteiger partial charge in [-0.15, -0.1) is 0 Å². The van der Waals surface area contributed by atoms with E-state index in [1.54, 1.807) is 7.11 Å². The second kappa shape index (κ2) is 10.3. The van der Waals surface area contributed by atoms with Gasteiger partial charge in [0.2, 0.25) is 0 Å². The average Bonchev–Trinajstić information content (AvgIpc) is 3.29. The molecule has 1 aliphatic carbocycles. The summed E-state index contributed by atoms with van der Waals surface area (Å²) in [4.78, 5) is 2.48. The van der Waals surface area contributed by atoms with Crippen LogP contribution < -0.4 is 4.74 Å². The summed E-state index contributed by atoms with van der Waals surface area (Å²) in [5.41, 5.74) is 4.34. The molecule has 3 nitrogen and oxygen atoms in total. The van der Waals surface area contributed by atoms with Gasteiger partial charge in [-0.2, -0.15) is 0 Å². The van der Waals surface area contributed by atoms with Crippen LogP contribution in [0.15, 0.2) is 48.5 Å². The van der Waals surface area contributed by atoms with Crippen molar-refractivity contribution in [2.45, 2.75) is 57.6 Å². The maximum Gasteiger partial charge on any atom is 0.119 e. The quantitative estimate of drug-likeness (QED) is 0.580. The Kier molecular flexibility index (Phi) is 7.23. The lowest BCUT2D eigenvalue weighted by atomic mass is 9.98. The van der Waals surface area contributed by atoms with Gasteiger partial charge in [0.15, 0.2) is 0 Å². The van der Waals surface area contributed by atoms with E-state index in [1.807, 2.05) is 0 Å². The first kappa shape index (κ1) is 20.4. The summed E-state index contributed by atoms with van der Waals surface area (Å²) in [6.07, 6.45) is 9.39. The number of aryl methyl sites for hydroxylation is 1. The van der Waals surface area contributed by atoms with E-state index in [0.29, 0.717) is 6.61 Å². The Morgan fingerprint density at radius 2 is 1.86 bits per heavy atom. The molecule has 4 rings (SSSR count). The van der Waals surface area contributed by atoms with Crippen LogP contribution in [0.5, 0.6) is 5.75 Å². The van der Waals surface area contributed by atoms with Crippen molar-refractivity contribution in [1.82, 2.24) is 4.90 Å². The lowest BCUT2D eigenvalue weighted by molar-refractivity contribution is 0.0261. The molecule has 2 aromatic carbocycles. The summed E-state index contributed by atoms with van der Waals surface area (Å²) in [5, 5.41) is 0. The third-order valence-electron chi connectivity index (χ3n) is 6.66. The van der Waals surface area contributed by atoms with E-state index in [-0.39, 0.29) is 6.10 Å². The van der Waals surface area contributed by atoms with Crippen LogP contribution in [0, 0.1) is 5.92 Å². The summed E-state index contributed by atoms with van der Waals surface area (Å²) in [6, 6.07) is 17.4. The predicted molar refractivity (Wildman–Crippen MR) is 118 cm³/mol. The first-order valence-electron chi connectivity index (χ1n) is 11.3. The highest BCUT2D eigenvalue weighted by atomic mass is 16.5. The van der Waals surface area contributed by atoms with Crippen LogP contribution in [0.1, 0.15) is 48.8 Å². The molecule has 1 saturated carbocycles. The Bertz CT molecular complexity index is 769. The lowest BCUT2D eigenvalue weighted by Gasteiger charge is -2.31. The van der Waals surface area contributed by atoms with Crippen LogP contribution in [0.4, 0.5) is 0 Å². The van der Waals surface area contributed by atoms with E-state index < -0.39 is 0 Å². The number of benzene rings is 2. The number of hydrogen-bond acceptors (Lipinski definition) is 3. The highest BCUT2D eigenvalue weighted by molar-refractivity contribution is 5.29. The van der Waals surface area contributed by atoms with Gasteiger partial charge in [0.05, 0.1) is 0 Å². The van der Waals surface area contributed by atoms with E-state index in [2.05, 4.69) is 53.4 Å². The van der Waals surface area contributed by atoms with Gasteiger partial charge >= 0.3 is 0 Å². The van der Waals surface area contributed by atoms with Crippen LogP contribution >= 0.6 is 0 Å². The topological polar surface area (TPSA) is 21.7 Å². The van der Waals surface area contributed by atoms with Gasteiger partial charge in [-0.25, -0.2) is 0 Å². The van der Waals surface area contributed by atoms with Crippen molar-refractivity contribution < 1.29 is 9.47 Å². The Hall–Kier alpha value is -1.84. The van der Waals surface area contributed by atoms with Crippen molar-refractivity contribution in [3.05, 3.63) is 65.2 Å². The van der Waals surface area contributed by atoms with Crippen LogP contribution in [-0.2, 0) is 24.1 Å². The minimum Gasteiger partial charge on any atom is -0.491 e. The minimum absolute atomic E-state index is 0.0856. The lowest BCUT2D eigenvalue weighted by Crippen LogP contribution is -2.39. The summed E-state index contributed by atoms with van der Waals surface area (Å²) < 4.78 is 11.9. The number of methoxy groups -OCH3 is 1. The van der Waals surface area contributed by atoms with Crippen LogP contribution in [-0.4, -0.2) is 37.8 Å². The van der Waals surface area contributed by atoms with Gasteiger partial charge in [0.1, 0.15) is 18.5 Å². The highest BCUT2D eigenvalue weighted by Gasteiger charge is 2.20. The molecule has 0 N–H and O–H groups in total. The molecule has 29 heavy (non-hydrogen) atoms. The zero-order valence-electron chi connectivity index (χ0n) is 17.8. The third-order valence-corrected chi connectivity index (χ3v) is 6.66. The van der Waals surface area contributed by atoms with Gasteiger partial charge in [0, 0.05) is 26.7 Å². The predicted octanol–water partition coefficient (Wildman–Crippen LogP) is 5.26. The van der Waals surface area contributed by atoms with Gasteiger partial charge in [0.25, 0.3) is 0 Å². The van der Waals surface area contributed by atoms with Crippen molar-refractivity contribution in [3.8, 4) is 5.75 Å². The molecule has 1 heterocycles. The van der Waals surface area contributed by atoms with Crippen LogP contribution in [0.25, 0.3) is 0 Å². The maximum atomic E-state index is 6.13. The molecule has 1 atom stereocenters. The van der Waals surface area contributed by atoms with E-state index >= 15 is 0 Å². The van der Waals surface area contributed by atoms with E-state index in [0.717, 1.165) is 37.7 Å². The molecule has 0 spiro atoms. The van der Waals surface area contributed by atoms with Crippen molar-refractivity contribution in [2.24, 2.45) is 5.92 Å². The van der Waals surface area contributed by atoms with Crippen molar-refractivity contribution >= 4 is 0 Å². The number of rotatable bonds is 9.